The second-order valence-electron chi connectivity index (χ2n) is 3.61. The highest BCUT2D eigenvalue weighted by atomic mass is 32.2. The summed E-state index contributed by atoms with van der Waals surface area (Å²) in [6, 6.07) is 6.64. The molecule has 6 heteroatoms. The van der Waals surface area contributed by atoms with Crippen LogP contribution in [-0.2, 0) is 4.79 Å². The van der Waals surface area contributed by atoms with Crippen molar-refractivity contribution in [3.8, 4) is 0 Å². The van der Waals surface area contributed by atoms with Gasteiger partial charge in [-0.2, -0.15) is 4.99 Å². The normalized spacial score (nSPS) is 13.5. The largest absolute Gasteiger partial charge is 0.389 e. The van der Waals surface area contributed by atoms with Gasteiger partial charge in [0, 0.05) is 12.7 Å². The van der Waals surface area contributed by atoms with E-state index < -0.39 is 12.2 Å². The van der Waals surface area contributed by atoms with Gasteiger partial charge < -0.3 is 10.2 Å². The number of carbonyl (C=O) groups excluding carboxylic acids is 1. The molecule has 0 aliphatic heterocycles. The Labute approximate surface area is 115 Å². The van der Waals surface area contributed by atoms with Crippen molar-refractivity contribution in [3.05, 3.63) is 29.8 Å². The fourth-order valence-corrected chi connectivity index (χ4v) is 2.01. The molecule has 4 nitrogen and oxygen atoms in total. The minimum absolute atomic E-state index is 0.0908. The summed E-state index contributed by atoms with van der Waals surface area (Å²) in [5.74, 6) is 0.163. The topological polar surface area (TPSA) is 69.9 Å². The molecule has 0 fully saturated rings. The Bertz CT molecular complexity index is 455. The SMILES string of the molecule is CC(=O)SCC(O)C(O)c1ccc(N=C=S)cc1. The molecule has 0 saturated heterocycles. The van der Waals surface area contributed by atoms with Crippen LogP contribution in [0.4, 0.5) is 5.69 Å². The van der Waals surface area contributed by atoms with Gasteiger partial charge in [0.1, 0.15) is 6.10 Å². The highest BCUT2D eigenvalue weighted by Crippen LogP contribution is 2.22. The van der Waals surface area contributed by atoms with Crippen LogP contribution in [0.2, 0.25) is 0 Å². The summed E-state index contributed by atoms with van der Waals surface area (Å²) >= 11 is 5.46. The van der Waals surface area contributed by atoms with Crippen molar-refractivity contribution in [1.29, 1.82) is 0 Å². The molecule has 18 heavy (non-hydrogen) atoms. The first-order valence-corrected chi connectivity index (χ1v) is 6.61. The Balaban J connectivity index is 2.67. The smallest absolute Gasteiger partial charge is 0.185 e. The lowest BCUT2D eigenvalue weighted by Gasteiger charge is -2.17. The summed E-state index contributed by atoms with van der Waals surface area (Å²) in [7, 11) is 0. The standard InChI is InChI=1S/C12H13NO3S2/c1-8(14)18-6-11(15)12(16)9-2-4-10(5-3-9)13-7-17/h2-5,11-12,15-16H,6H2,1H3. The van der Waals surface area contributed by atoms with Crippen LogP contribution in [0.15, 0.2) is 29.3 Å². The van der Waals surface area contributed by atoms with Crippen LogP contribution in [0.3, 0.4) is 0 Å². The highest BCUT2D eigenvalue weighted by molar-refractivity contribution is 8.13. The van der Waals surface area contributed by atoms with Crippen LogP contribution in [0.25, 0.3) is 0 Å². The third-order valence-corrected chi connectivity index (χ3v) is 3.24. The molecule has 0 saturated carbocycles. The van der Waals surface area contributed by atoms with Gasteiger partial charge in [0.2, 0.25) is 0 Å². The molecule has 0 spiro atoms. The molecule has 2 atom stereocenters. The maximum Gasteiger partial charge on any atom is 0.185 e. The van der Waals surface area contributed by atoms with Crippen molar-refractivity contribution < 1.29 is 15.0 Å². The molecule has 96 valence electrons. The number of benzene rings is 1. The van der Waals surface area contributed by atoms with Gasteiger partial charge in [-0.15, -0.1) is 0 Å². The van der Waals surface area contributed by atoms with Crippen LogP contribution < -0.4 is 0 Å². The number of aliphatic hydroxyl groups is 2. The summed E-state index contributed by atoms with van der Waals surface area (Å²) in [4.78, 5) is 14.5. The van der Waals surface area contributed by atoms with E-state index in [-0.39, 0.29) is 10.9 Å². The maximum absolute atomic E-state index is 10.8. The first-order valence-electron chi connectivity index (χ1n) is 5.22. The van der Waals surface area contributed by atoms with E-state index in [1.165, 1.54) is 6.92 Å². The molecule has 0 bridgehead atoms. The molecule has 1 aromatic rings. The number of thioether (sulfide) groups is 1. The molecule has 2 N–H and O–H groups in total. The minimum Gasteiger partial charge on any atom is -0.389 e. The van der Waals surface area contributed by atoms with Gasteiger partial charge in [-0.05, 0) is 29.9 Å². The quantitative estimate of drug-likeness (QED) is 0.639. The van der Waals surface area contributed by atoms with Gasteiger partial charge in [-0.3, -0.25) is 4.79 Å². The predicted molar refractivity (Wildman–Crippen MR) is 75.2 cm³/mol. The van der Waals surface area contributed by atoms with E-state index >= 15 is 0 Å². The van der Waals surface area contributed by atoms with Crippen molar-refractivity contribution >= 4 is 39.9 Å². The monoisotopic (exact) mass is 283 g/mol. The van der Waals surface area contributed by atoms with Gasteiger partial charge in [0.05, 0.1) is 17.0 Å². The Morgan fingerprint density at radius 2 is 2.06 bits per heavy atom. The number of aliphatic hydroxyl groups excluding tert-OH is 2. The number of nitrogens with zero attached hydrogens (tertiary/aromatic N) is 1. The lowest BCUT2D eigenvalue weighted by molar-refractivity contribution is -0.109. The van der Waals surface area contributed by atoms with Crippen LogP contribution in [0.1, 0.15) is 18.6 Å². The van der Waals surface area contributed by atoms with Crippen molar-refractivity contribution in [2.24, 2.45) is 4.99 Å². The zero-order valence-corrected chi connectivity index (χ0v) is 11.4. The Morgan fingerprint density at radius 1 is 1.44 bits per heavy atom. The predicted octanol–water partition coefficient (Wildman–Crippen LogP) is 2.09. The first kappa shape index (κ1) is 15.0. The van der Waals surface area contributed by atoms with Gasteiger partial charge in [0.15, 0.2) is 5.12 Å². The third kappa shape index (κ3) is 4.68. The average molecular weight is 283 g/mol. The Kier molecular flexibility index (Phi) is 6.18. The van der Waals surface area contributed by atoms with E-state index in [4.69, 9.17) is 0 Å². The second kappa shape index (κ2) is 7.41. The number of carbonyl (C=O) groups is 1. The zero-order valence-electron chi connectivity index (χ0n) is 9.74. The number of rotatable bonds is 5. The fraction of sp³-hybridized carbons (Fsp3) is 0.333. The van der Waals surface area contributed by atoms with Gasteiger partial charge in [-0.1, -0.05) is 23.9 Å². The summed E-state index contributed by atoms with van der Waals surface area (Å²) in [6.45, 7) is 1.42. The Morgan fingerprint density at radius 3 is 2.56 bits per heavy atom. The van der Waals surface area contributed by atoms with E-state index in [9.17, 15) is 15.0 Å². The number of hydrogen-bond acceptors (Lipinski definition) is 6. The number of thiocarbonyl (C=S) groups is 1. The van der Waals surface area contributed by atoms with E-state index in [0.717, 1.165) is 11.8 Å². The van der Waals surface area contributed by atoms with Gasteiger partial charge in [-0.25, -0.2) is 0 Å². The van der Waals surface area contributed by atoms with Crippen LogP contribution >= 0.6 is 24.0 Å². The number of aliphatic imine (C=N–C) groups is 1. The van der Waals surface area contributed by atoms with E-state index in [2.05, 4.69) is 22.4 Å². The molecule has 1 rings (SSSR count). The summed E-state index contributed by atoms with van der Waals surface area (Å²) in [5.41, 5.74) is 1.20. The van der Waals surface area contributed by atoms with E-state index in [1.807, 2.05) is 0 Å². The summed E-state index contributed by atoms with van der Waals surface area (Å²) in [5, 5.41) is 21.8. The van der Waals surface area contributed by atoms with Crippen molar-refractivity contribution in [2.75, 3.05) is 5.75 Å². The molecular weight excluding hydrogens is 270 g/mol. The highest BCUT2D eigenvalue weighted by Gasteiger charge is 2.18. The van der Waals surface area contributed by atoms with Crippen molar-refractivity contribution in [1.82, 2.24) is 0 Å². The fourth-order valence-electron chi connectivity index (χ4n) is 1.31. The molecule has 0 radical (unpaired) electrons. The molecule has 0 aromatic heterocycles. The lowest BCUT2D eigenvalue weighted by Crippen LogP contribution is -2.21. The van der Waals surface area contributed by atoms with E-state index in [1.54, 1.807) is 24.3 Å². The maximum atomic E-state index is 10.8. The van der Waals surface area contributed by atoms with E-state index in [0.29, 0.717) is 11.3 Å². The lowest BCUT2D eigenvalue weighted by atomic mass is 10.1. The van der Waals surface area contributed by atoms with Crippen LogP contribution in [0, 0.1) is 0 Å². The summed E-state index contributed by atoms with van der Waals surface area (Å²) in [6.07, 6.45) is -2.01. The average Bonchev–Trinajstić information content (AvgIpc) is 2.36. The minimum atomic E-state index is -1.03. The van der Waals surface area contributed by atoms with Crippen LogP contribution in [0.5, 0.6) is 0 Å². The Hall–Kier alpha value is -1.04. The zero-order chi connectivity index (χ0) is 13.5. The summed E-state index contributed by atoms with van der Waals surface area (Å²) < 4.78 is 0. The van der Waals surface area contributed by atoms with Gasteiger partial charge in [0.25, 0.3) is 0 Å². The molecule has 2 unspecified atom stereocenters. The second-order valence-corrected chi connectivity index (χ2v) is 4.99. The van der Waals surface area contributed by atoms with Crippen molar-refractivity contribution in [3.63, 3.8) is 0 Å². The molecular formula is C12H13NO3S2. The molecule has 0 aliphatic carbocycles. The third-order valence-electron chi connectivity index (χ3n) is 2.23. The van der Waals surface area contributed by atoms with Crippen LogP contribution in [-0.4, -0.2) is 32.3 Å². The number of hydrogen-bond donors (Lipinski definition) is 2. The molecule has 0 aliphatic rings. The first-order chi connectivity index (χ1) is 8.54. The molecule has 0 amide bonds. The van der Waals surface area contributed by atoms with Crippen molar-refractivity contribution in [2.45, 2.75) is 19.1 Å². The van der Waals surface area contributed by atoms with Gasteiger partial charge >= 0.3 is 0 Å². The number of isothiocyanates is 1. The molecule has 0 heterocycles. The molecule has 1 aromatic carbocycles.